The van der Waals surface area contributed by atoms with E-state index in [0.717, 1.165) is 80.3 Å². The summed E-state index contributed by atoms with van der Waals surface area (Å²) >= 11 is 0. The van der Waals surface area contributed by atoms with Crippen LogP contribution in [0.1, 0.15) is 121 Å². The third-order valence-corrected chi connectivity index (χ3v) is 12.6. The van der Waals surface area contributed by atoms with Crippen molar-refractivity contribution in [3.05, 3.63) is 214 Å². The Balaban J connectivity index is 0.000000324. The van der Waals surface area contributed by atoms with Gasteiger partial charge in [-0.2, -0.15) is 0 Å². The Bertz CT molecular complexity index is 2610. The zero-order valence-electron chi connectivity index (χ0n) is 40.2. The van der Waals surface area contributed by atoms with Crippen molar-refractivity contribution in [2.24, 2.45) is 5.92 Å². The summed E-state index contributed by atoms with van der Waals surface area (Å²) in [7, 11) is 0. The molecule has 0 saturated carbocycles. The van der Waals surface area contributed by atoms with Crippen LogP contribution in [0.4, 0.5) is 11.4 Å². The van der Waals surface area contributed by atoms with E-state index in [-0.39, 0.29) is 0 Å². The topological polar surface area (TPSA) is 38.0 Å². The maximum absolute atomic E-state index is 6.02. The molecular weight excluding hydrogens is 773 g/mol. The predicted molar refractivity (Wildman–Crippen MR) is 287 cm³/mol. The summed E-state index contributed by atoms with van der Waals surface area (Å²) in [5.74, 6) is 0.560. The van der Waals surface area contributed by atoms with E-state index in [1.54, 1.807) is 5.57 Å². The number of benzene rings is 5. The highest BCUT2D eigenvalue weighted by Gasteiger charge is 2.12. The third kappa shape index (κ3) is 13.4. The number of rotatable bonds is 18. The van der Waals surface area contributed by atoms with Crippen LogP contribution >= 0.6 is 0 Å². The number of nitrogens with one attached hydrogen (secondary N) is 1. The second kappa shape index (κ2) is 25.2. The minimum absolute atomic E-state index is 0.560. The molecule has 332 valence electrons. The van der Waals surface area contributed by atoms with Gasteiger partial charge in [-0.1, -0.05) is 177 Å². The average molecular weight is 847 g/mol. The van der Waals surface area contributed by atoms with Crippen LogP contribution in [0, 0.1) is 5.92 Å². The van der Waals surface area contributed by atoms with Crippen LogP contribution in [0.15, 0.2) is 180 Å². The van der Waals surface area contributed by atoms with E-state index in [1.165, 1.54) is 66.1 Å². The molecule has 0 heterocycles. The number of nitrogen functional groups attached to an aromatic ring is 1. The first-order valence-corrected chi connectivity index (χ1v) is 24.1. The lowest BCUT2D eigenvalue weighted by Gasteiger charge is -2.18. The summed E-state index contributed by atoms with van der Waals surface area (Å²) in [4.78, 5) is 0. The summed E-state index contributed by atoms with van der Waals surface area (Å²) < 4.78 is 0. The Hall–Kier alpha value is -6.12. The van der Waals surface area contributed by atoms with Crippen LogP contribution in [0.5, 0.6) is 0 Å². The molecule has 0 aliphatic heterocycles. The Morgan fingerprint density at radius 2 is 1.20 bits per heavy atom. The molecule has 64 heavy (non-hydrogen) atoms. The molecule has 0 radical (unpaired) electrons. The lowest BCUT2D eigenvalue weighted by atomic mass is 9.87. The van der Waals surface area contributed by atoms with Gasteiger partial charge in [-0.25, -0.2) is 0 Å². The molecule has 1 atom stereocenters. The molecule has 1 unspecified atom stereocenters. The normalized spacial score (nSPS) is 14.9. The summed E-state index contributed by atoms with van der Waals surface area (Å²) in [5.41, 5.74) is 23.0. The number of hydrogen-bond acceptors (Lipinski definition) is 2. The fourth-order valence-electron chi connectivity index (χ4n) is 8.77. The van der Waals surface area contributed by atoms with E-state index in [1.807, 2.05) is 24.4 Å². The number of aryl methyl sites for hydroxylation is 4. The second-order valence-corrected chi connectivity index (χ2v) is 16.6. The van der Waals surface area contributed by atoms with E-state index >= 15 is 0 Å². The first-order chi connectivity index (χ1) is 31.2. The molecule has 2 nitrogen and oxygen atoms in total. The summed E-state index contributed by atoms with van der Waals surface area (Å²) in [6, 6.07) is 30.6. The molecule has 0 amide bonds. The van der Waals surface area contributed by atoms with Gasteiger partial charge < -0.3 is 11.1 Å². The number of fused-ring (bicyclic) bond motifs is 3. The van der Waals surface area contributed by atoms with E-state index in [0.29, 0.717) is 5.92 Å². The molecule has 5 aromatic rings. The smallest absolute Gasteiger partial charge is 0.0382 e. The van der Waals surface area contributed by atoms with Gasteiger partial charge in [0.15, 0.2) is 0 Å². The van der Waals surface area contributed by atoms with Crippen molar-refractivity contribution in [3.63, 3.8) is 0 Å². The lowest BCUT2D eigenvalue weighted by molar-refractivity contribution is 0.779. The van der Waals surface area contributed by atoms with Gasteiger partial charge in [-0.3, -0.25) is 0 Å². The van der Waals surface area contributed by atoms with Crippen molar-refractivity contribution in [2.45, 2.75) is 113 Å². The third-order valence-electron chi connectivity index (χ3n) is 12.6. The van der Waals surface area contributed by atoms with Gasteiger partial charge in [-0.05, 0) is 183 Å². The number of nitrogens with two attached hydrogens (primary N) is 1. The van der Waals surface area contributed by atoms with Gasteiger partial charge >= 0.3 is 0 Å². The monoisotopic (exact) mass is 847 g/mol. The molecule has 1 aliphatic rings. The molecule has 0 saturated heterocycles. The number of allylic oxidation sites excluding steroid dienone is 14. The quantitative estimate of drug-likeness (QED) is 0.0524. The van der Waals surface area contributed by atoms with Crippen LogP contribution < -0.4 is 11.1 Å². The molecule has 3 N–H and O–H groups in total. The fourth-order valence-corrected chi connectivity index (χ4v) is 8.77. The van der Waals surface area contributed by atoms with Crippen molar-refractivity contribution in [1.29, 1.82) is 0 Å². The predicted octanol–water partition coefficient (Wildman–Crippen LogP) is 17.6. The van der Waals surface area contributed by atoms with E-state index in [9.17, 15) is 0 Å². The Kier molecular flexibility index (Phi) is 19.3. The van der Waals surface area contributed by atoms with Gasteiger partial charge in [0.1, 0.15) is 0 Å². The lowest BCUT2D eigenvalue weighted by Crippen LogP contribution is -2.02. The number of anilines is 2. The Labute approximate surface area is 387 Å². The van der Waals surface area contributed by atoms with Crippen molar-refractivity contribution in [3.8, 4) is 0 Å². The average Bonchev–Trinajstić information content (AvgIpc) is 3.34. The molecule has 5 aromatic carbocycles. The fraction of sp³-hybridized carbons (Fsp3) is 0.290. The van der Waals surface area contributed by atoms with Crippen molar-refractivity contribution >= 4 is 45.1 Å². The minimum atomic E-state index is 0.560. The van der Waals surface area contributed by atoms with Crippen molar-refractivity contribution < 1.29 is 0 Å². The molecule has 0 fully saturated rings. The van der Waals surface area contributed by atoms with Crippen LogP contribution in [0.3, 0.4) is 0 Å². The Morgan fingerprint density at radius 1 is 0.609 bits per heavy atom. The van der Waals surface area contributed by atoms with Gasteiger partial charge in [-0.15, -0.1) is 0 Å². The molecule has 6 rings (SSSR count). The van der Waals surface area contributed by atoms with Crippen molar-refractivity contribution in [1.82, 2.24) is 0 Å². The summed E-state index contributed by atoms with van der Waals surface area (Å²) in [6.45, 7) is 21.7. The zero-order chi connectivity index (χ0) is 45.8. The van der Waals surface area contributed by atoms with E-state index in [4.69, 9.17) is 5.73 Å². The summed E-state index contributed by atoms with van der Waals surface area (Å²) in [5, 5.41) is 8.31. The van der Waals surface area contributed by atoms with Crippen LogP contribution in [-0.2, 0) is 25.7 Å². The van der Waals surface area contributed by atoms with E-state index < -0.39 is 0 Å². The highest BCUT2D eigenvalue weighted by atomic mass is 14.8. The van der Waals surface area contributed by atoms with Crippen molar-refractivity contribution in [2.75, 3.05) is 11.1 Å². The van der Waals surface area contributed by atoms with Gasteiger partial charge in [0.05, 0.1) is 0 Å². The highest BCUT2D eigenvalue weighted by Crippen LogP contribution is 2.30. The molecule has 0 spiro atoms. The van der Waals surface area contributed by atoms with E-state index in [2.05, 4.69) is 201 Å². The zero-order valence-corrected chi connectivity index (χ0v) is 40.2. The van der Waals surface area contributed by atoms with Crippen LogP contribution in [0.2, 0.25) is 0 Å². The van der Waals surface area contributed by atoms with Crippen LogP contribution in [0.25, 0.3) is 33.7 Å². The van der Waals surface area contributed by atoms with Gasteiger partial charge in [0.25, 0.3) is 0 Å². The standard InChI is InChI=1S/C42H44N2.C20H30/c1-5-33-17-15-31(26-35(33)7-3)13-11-30(10-9-25-44-40-22-20-34(6-2)36(8-4)29-40)12-14-32-16-23-41-37(27-32)18-19-38-28-39(43)21-24-42(38)41;1-6-17(7-2)18(8-3)13-11-16-12-14-19(9-4)20(10-5)15-16/h9-29,44H,5-8,43H2,1-4H3;6,11,13-16H,1,7-10,12H2,2-5H3/b13-11-,14-12+,25-9+,30-10+;13-11-,18-17+. The highest BCUT2D eigenvalue weighted by molar-refractivity contribution is 6.08. The van der Waals surface area contributed by atoms with Crippen LogP contribution in [-0.4, -0.2) is 0 Å². The largest absolute Gasteiger partial charge is 0.399 e. The molecule has 0 aromatic heterocycles. The molecule has 0 bridgehead atoms. The maximum atomic E-state index is 6.02. The van der Waals surface area contributed by atoms with Gasteiger partial charge in [0, 0.05) is 17.6 Å². The minimum Gasteiger partial charge on any atom is -0.399 e. The first-order valence-electron chi connectivity index (χ1n) is 24.1. The molecule has 2 heteroatoms. The summed E-state index contributed by atoms with van der Waals surface area (Å²) in [6.07, 6.45) is 36.5. The SMILES string of the molecule is C=C/C(CC)=C(\C=C/C1C=C(CC)C(CC)=CC1)CC.CCc1ccc(\C=C/C(/C=C/c2ccc3c(ccc4cc(N)ccc43)c2)=C\C=C\Nc2ccc(CC)c(CC)c2)cc1CC. The maximum Gasteiger partial charge on any atom is 0.0382 e. The second-order valence-electron chi connectivity index (χ2n) is 16.6. The molecule has 1 aliphatic carbocycles. The molecular formula is C62H74N2. The number of hydrogen-bond donors (Lipinski definition) is 2. The first kappa shape index (κ1) is 48.9. The van der Waals surface area contributed by atoms with Gasteiger partial charge in [0.2, 0.25) is 0 Å². The Morgan fingerprint density at radius 3 is 1.83 bits per heavy atom.